The molecule has 1 aliphatic rings. The first-order chi connectivity index (χ1) is 23.0. The van der Waals surface area contributed by atoms with Crippen LogP contribution in [0, 0.1) is 0 Å². The molecule has 1 aliphatic heterocycles. The number of carbonyl (C=O) groups excluding carboxylic acids is 4. The molecule has 0 saturated heterocycles. The average Bonchev–Trinajstić information content (AvgIpc) is 3.43. The number of ether oxygens (including phenoxy) is 1. The van der Waals surface area contributed by atoms with Crippen LogP contribution in [0.2, 0.25) is 0 Å². The van der Waals surface area contributed by atoms with E-state index in [9.17, 15) is 39.0 Å². The third-order valence-electron chi connectivity index (χ3n) is 7.56. The molecule has 0 aliphatic carbocycles. The number of nitrogens with one attached hydrogen (secondary N) is 2. The molecule has 0 bridgehead atoms. The molecule has 5 rings (SSSR count). The lowest BCUT2D eigenvalue weighted by molar-refractivity contribution is -0.129. The number of thioether (sulfide) groups is 1. The van der Waals surface area contributed by atoms with E-state index in [4.69, 9.17) is 4.74 Å². The van der Waals surface area contributed by atoms with E-state index in [2.05, 4.69) is 10.6 Å². The Bertz CT molecular complexity index is 1940. The Balaban J connectivity index is 1.41. The summed E-state index contributed by atoms with van der Waals surface area (Å²) in [6.07, 6.45) is 0.443. The number of hydrogen-bond acceptors (Lipinski definition) is 9. The average molecular weight is 688 g/mol. The Hall–Kier alpha value is -5.47. The van der Waals surface area contributed by atoms with Gasteiger partial charge < -0.3 is 30.5 Å². The van der Waals surface area contributed by atoms with E-state index in [1.165, 1.54) is 37.1 Å². The van der Waals surface area contributed by atoms with Crippen molar-refractivity contribution in [1.82, 2.24) is 4.90 Å². The van der Waals surface area contributed by atoms with Crippen LogP contribution >= 0.6 is 23.1 Å². The second-order valence-electron chi connectivity index (χ2n) is 10.6. The molecular weight excluding hydrogens is 659 g/mol. The molecule has 246 valence electrons. The number of methoxy groups -OCH3 is 1. The summed E-state index contributed by atoms with van der Waals surface area (Å²) >= 11 is 2.42. The minimum Gasteiger partial charge on any atom is -0.478 e. The fourth-order valence-corrected chi connectivity index (χ4v) is 7.53. The van der Waals surface area contributed by atoms with Crippen LogP contribution in [-0.4, -0.2) is 64.4 Å². The van der Waals surface area contributed by atoms with Gasteiger partial charge in [0.05, 0.1) is 35.9 Å². The summed E-state index contributed by atoms with van der Waals surface area (Å²) in [4.78, 5) is 78.1. The quantitative estimate of drug-likeness (QED) is 0.122. The van der Waals surface area contributed by atoms with E-state index in [1.54, 1.807) is 53.4 Å². The van der Waals surface area contributed by atoms with E-state index in [0.717, 1.165) is 28.6 Å². The Morgan fingerprint density at radius 3 is 2.31 bits per heavy atom. The lowest BCUT2D eigenvalue weighted by Gasteiger charge is -2.25. The summed E-state index contributed by atoms with van der Waals surface area (Å²) in [6, 6.07) is 18.8. The molecule has 12 nitrogen and oxygen atoms in total. The van der Waals surface area contributed by atoms with Crippen LogP contribution in [0.3, 0.4) is 0 Å². The third-order valence-corrected chi connectivity index (χ3v) is 9.94. The zero-order chi connectivity index (χ0) is 34.5. The van der Waals surface area contributed by atoms with Crippen LogP contribution < -0.4 is 10.6 Å². The summed E-state index contributed by atoms with van der Waals surface area (Å²) in [6.45, 7) is 2.25. The first kappa shape index (κ1) is 33.9. The maximum Gasteiger partial charge on any atom is 0.341 e. The highest BCUT2D eigenvalue weighted by Crippen LogP contribution is 2.41. The van der Waals surface area contributed by atoms with Gasteiger partial charge in [-0.2, -0.15) is 0 Å². The Kier molecular flexibility index (Phi) is 10.3. The molecule has 0 fully saturated rings. The highest BCUT2D eigenvalue weighted by molar-refractivity contribution is 8.00. The fourth-order valence-electron chi connectivity index (χ4n) is 5.19. The number of carboxylic acid groups (broad SMARTS) is 2. The molecular formula is C34H29N3O9S2. The molecule has 3 amide bonds. The van der Waals surface area contributed by atoms with E-state index in [-0.39, 0.29) is 22.6 Å². The zero-order valence-electron chi connectivity index (χ0n) is 25.6. The molecule has 0 spiro atoms. The van der Waals surface area contributed by atoms with Gasteiger partial charge in [0.1, 0.15) is 10.3 Å². The molecule has 2 heterocycles. The number of nitrogens with zero attached hydrogens (tertiary/aromatic N) is 1. The van der Waals surface area contributed by atoms with Gasteiger partial charge in [0.15, 0.2) is 0 Å². The van der Waals surface area contributed by atoms with Crippen molar-refractivity contribution in [2.45, 2.75) is 30.0 Å². The Labute approximate surface area is 282 Å². The second-order valence-corrected chi connectivity index (χ2v) is 12.9. The number of thiophene rings is 1. The van der Waals surface area contributed by atoms with Crippen molar-refractivity contribution in [3.63, 3.8) is 0 Å². The highest BCUT2D eigenvalue weighted by atomic mass is 32.2. The molecule has 1 aromatic heterocycles. The topological polar surface area (TPSA) is 179 Å². The molecule has 0 saturated carbocycles. The number of benzene rings is 3. The Morgan fingerprint density at radius 1 is 0.896 bits per heavy atom. The minimum atomic E-state index is -1.46. The van der Waals surface area contributed by atoms with Crippen molar-refractivity contribution < 1.29 is 43.7 Å². The number of fused-ring (bicyclic) bond motifs is 1. The molecule has 4 aromatic rings. The standard InChI is InChI=1S/C34H29N3O9S2/c1-18(38)37-14-13-24-26(17-37)48-31(27(24)34(45)46-2)36-30(40)28(19-7-4-3-5-8-19)47-22-10-6-9-21(16-22)35-29(39)23-12-11-20(32(41)42)15-25(23)33(43)44/h3-12,15-16,28H,13-14,17H2,1-2H3,(H,35,39)(H,36,40)(H,41,42)(H,43,44). The maximum atomic E-state index is 14.0. The molecule has 0 radical (unpaired) electrons. The summed E-state index contributed by atoms with van der Waals surface area (Å²) in [7, 11) is 1.27. The molecule has 3 aromatic carbocycles. The minimum absolute atomic E-state index is 0.0865. The van der Waals surface area contributed by atoms with Crippen molar-refractivity contribution in [2.75, 3.05) is 24.3 Å². The monoisotopic (exact) mass is 687 g/mol. The smallest absolute Gasteiger partial charge is 0.341 e. The van der Waals surface area contributed by atoms with Gasteiger partial charge in [-0.25, -0.2) is 14.4 Å². The van der Waals surface area contributed by atoms with Crippen LogP contribution in [0.25, 0.3) is 0 Å². The Morgan fingerprint density at radius 2 is 1.65 bits per heavy atom. The summed E-state index contributed by atoms with van der Waals surface area (Å²) in [5.41, 5.74) is 1.04. The summed E-state index contributed by atoms with van der Waals surface area (Å²) < 4.78 is 5.05. The first-order valence-corrected chi connectivity index (χ1v) is 16.2. The number of carbonyl (C=O) groups is 6. The SMILES string of the molecule is COC(=O)c1c(NC(=O)C(Sc2cccc(NC(=O)c3ccc(C(=O)O)cc3C(=O)O)c2)c2ccccc2)sc2c1CCN(C(C)=O)C2. The van der Waals surface area contributed by atoms with Crippen molar-refractivity contribution in [2.24, 2.45) is 0 Å². The van der Waals surface area contributed by atoms with Crippen LogP contribution in [0.1, 0.15) is 69.6 Å². The first-order valence-electron chi connectivity index (χ1n) is 14.5. The number of esters is 1. The van der Waals surface area contributed by atoms with Gasteiger partial charge in [0, 0.05) is 28.9 Å². The number of rotatable bonds is 10. The van der Waals surface area contributed by atoms with Gasteiger partial charge in [-0.15, -0.1) is 23.1 Å². The number of carboxylic acids is 2. The van der Waals surface area contributed by atoms with Gasteiger partial charge in [-0.3, -0.25) is 14.4 Å². The lowest BCUT2D eigenvalue weighted by atomic mass is 10.0. The maximum absolute atomic E-state index is 14.0. The van der Waals surface area contributed by atoms with Crippen LogP contribution in [0.15, 0.2) is 77.7 Å². The van der Waals surface area contributed by atoms with E-state index >= 15 is 0 Å². The van der Waals surface area contributed by atoms with Gasteiger partial charge in [-0.05, 0) is 53.9 Å². The molecule has 48 heavy (non-hydrogen) atoms. The van der Waals surface area contributed by atoms with Crippen LogP contribution in [-0.2, 0) is 27.3 Å². The van der Waals surface area contributed by atoms with Crippen molar-refractivity contribution >= 4 is 69.4 Å². The molecule has 1 unspecified atom stereocenters. The highest BCUT2D eigenvalue weighted by Gasteiger charge is 2.32. The predicted octanol–water partition coefficient (Wildman–Crippen LogP) is 5.56. The molecule has 4 N–H and O–H groups in total. The van der Waals surface area contributed by atoms with Crippen molar-refractivity contribution in [3.05, 3.63) is 111 Å². The zero-order valence-corrected chi connectivity index (χ0v) is 27.3. The normalized spacial score (nSPS) is 12.8. The number of hydrogen-bond donors (Lipinski definition) is 4. The van der Waals surface area contributed by atoms with Crippen LogP contribution in [0.5, 0.6) is 0 Å². The van der Waals surface area contributed by atoms with Gasteiger partial charge >= 0.3 is 17.9 Å². The molecule has 14 heteroatoms. The predicted molar refractivity (Wildman–Crippen MR) is 179 cm³/mol. The van der Waals surface area contributed by atoms with Gasteiger partial charge in [-0.1, -0.05) is 36.4 Å². The van der Waals surface area contributed by atoms with Gasteiger partial charge in [0.2, 0.25) is 11.8 Å². The van der Waals surface area contributed by atoms with Gasteiger partial charge in [0.25, 0.3) is 5.91 Å². The largest absolute Gasteiger partial charge is 0.478 e. The van der Waals surface area contributed by atoms with Crippen molar-refractivity contribution in [3.8, 4) is 0 Å². The lowest BCUT2D eigenvalue weighted by Crippen LogP contribution is -2.33. The van der Waals surface area contributed by atoms with Crippen molar-refractivity contribution in [1.29, 1.82) is 0 Å². The second kappa shape index (κ2) is 14.5. The van der Waals surface area contributed by atoms with E-state index in [0.29, 0.717) is 40.7 Å². The number of amides is 3. The fraction of sp³-hybridized carbons (Fsp3) is 0.176. The van der Waals surface area contributed by atoms with Crippen LogP contribution in [0.4, 0.5) is 10.7 Å². The van der Waals surface area contributed by atoms with E-state index in [1.807, 2.05) is 6.07 Å². The summed E-state index contributed by atoms with van der Waals surface area (Å²) in [5.74, 6) is -4.64. The number of aromatic carboxylic acids is 2. The summed E-state index contributed by atoms with van der Waals surface area (Å²) in [5, 5.41) is 23.9. The molecule has 1 atom stereocenters. The van der Waals surface area contributed by atoms with E-state index < -0.39 is 40.5 Å². The number of anilines is 2. The third kappa shape index (κ3) is 7.40.